The minimum absolute atomic E-state index is 0.559. The molecule has 0 aromatic carbocycles. The summed E-state index contributed by atoms with van der Waals surface area (Å²) < 4.78 is 7.56. The fourth-order valence-corrected chi connectivity index (χ4v) is 2.24. The van der Waals surface area contributed by atoms with E-state index in [9.17, 15) is 0 Å². The van der Waals surface area contributed by atoms with Crippen molar-refractivity contribution in [3.05, 3.63) is 17.6 Å². The number of hydrogen-bond acceptors (Lipinski definition) is 4. The van der Waals surface area contributed by atoms with Crippen LogP contribution in [0.5, 0.6) is 0 Å². The number of ether oxygens (including phenoxy) is 1. The predicted octanol–water partition coefficient (Wildman–Crippen LogP) is 2.06. The summed E-state index contributed by atoms with van der Waals surface area (Å²) >= 11 is 0. The van der Waals surface area contributed by atoms with Crippen LogP contribution in [0, 0.1) is 13.8 Å². The highest BCUT2D eigenvalue weighted by atomic mass is 16.5. The number of anilines is 1. The van der Waals surface area contributed by atoms with Crippen LogP contribution in [0.3, 0.4) is 0 Å². The highest BCUT2D eigenvalue weighted by Crippen LogP contribution is 2.26. The monoisotopic (exact) mass is 248 g/mol. The fourth-order valence-electron chi connectivity index (χ4n) is 2.24. The Morgan fingerprint density at radius 3 is 2.83 bits per heavy atom. The third kappa shape index (κ3) is 2.18. The molecule has 0 amide bonds. The van der Waals surface area contributed by atoms with Crippen molar-refractivity contribution in [1.29, 1.82) is 0 Å². The van der Waals surface area contributed by atoms with Gasteiger partial charge < -0.3 is 15.0 Å². The molecule has 2 rings (SSSR count). The molecule has 0 aliphatic heterocycles. The van der Waals surface area contributed by atoms with E-state index in [4.69, 9.17) is 10.5 Å². The lowest BCUT2D eigenvalue weighted by Crippen LogP contribution is -2.05. The Balaban J connectivity index is 2.32. The molecule has 0 fully saturated rings. The Morgan fingerprint density at radius 2 is 2.11 bits per heavy atom. The van der Waals surface area contributed by atoms with E-state index in [1.54, 1.807) is 0 Å². The van der Waals surface area contributed by atoms with E-state index in [1.165, 1.54) is 17.6 Å². The maximum atomic E-state index is 5.93. The predicted molar refractivity (Wildman–Crippen MR) is 72.5 cm³/mol. The van der Waals surface area contributed by atoms with Gasteiger partial charge in [0.1, 0.15) is 17.8 Å². The lowest BCUT2D eigenvalue weighted by atomic mass is 10.2. The van der Waals surface area contributed by atoms with Crippen LogP contribution < -0.4 is 5.73 Å². The summed E-state index contributed by atoms with van der Waals surface area (Å²) in [4.78, 5) is 8.41. The molecule has 98 valence electrons. The van der Waals surface area contributed by atoms with Crippen molar-refractivity contribution in [3.8, 4) is 0 Å². The molecule has 2 aromatic rings. The van der Waals surface area contributed by atoms with Gasteiger partial charge in [-0.2, -0.15) is 0 Å². The molecule has 0 bridgehead atoms. The first-order valence-electron chi connectivity index (χ1n) is 6.30. The molecule has 5 nitrogen and oxygen atoms in total. The summed E-state index contributed by atoms with van der Waals surface area (Å²) in [5.74, 6) is 0.559. The number of nitrogen functional groups attached to an aromatic ring is 1. The van der Waals surface area contributed by atoms with Crippen LogP contribution in [0.15, 0.2) is 6.33 Å². The lowest BCUT2D eigenvalue weighted by Gasteiger charge is -2.07. The summed E-state index contributed by atoms with van der Waals surface area (Å²) in [5.41, 5.74) is 9.22. The highest BCUT2D eigenvalue weighted by Gasteiger charge is 2.14. The average molecular weight is 248 g/mol. The van der Waals surface area contributed by atoms with Gasteiger partial charge in [-0.1, -0.05) is 0 Å². The zero-order valence-corrected chi connectivity index (χ0v) is 11.2. The molecule has 0 saturated heterocycles. The molecule has 18 heavy (non-hydrogen) atoms. The van der Waals surface area contributed by atoms with Crippen molar-refractivity contribution in [3.63, 3.8) is 0 Å². The minimum Gasteiger partial charge on any atom is -0.383 e. The van der Waals surface area contributed by atoms with Crippen LogP contribution in [0.25, 0.3) is 11.0 Å². The average Bonchev–Trinajstić information content (AvgIpc) is 2.60. The number of aryl methyl sites for hydroxylation is 2. The molecule has 0 aliphatic carbocycles. The molecule has 2 N–H and O–H groups in total. The topological polar surface area (TPSA) is 66.0 Å². The lowest BCUT2D eigenvalue weighted by molar-refractivity contribution is 0.142. The smallest absolute Gasteiger partial charge is 0.145 e. The maximum absolute atomic E-state index is 5.93. The minimum atomic E-state index is 0.559. The molecule has 0 aliphatic rings. The van der Waals surface area contributed by atoms with Crippen LogP contribution in [0.2, 0.25) is 0 Å². The van der Waals surface area contributed by atoms with Crippen molar-refractivity contribution in [2.24, 2.45) is 0 Å². The Bertz CT molecular complexity index is 547. The summed E-state index contributed by atoms with van der Waals surface area (Å²) in [5, 5.41) is 0.978. The zero-order chi connectivity index (χ0) is 13.1. The Morgan fingerprint density at radius 1 is 1.33 bits per heavy atom. The number of fused-ring (bicyclic) bond motifs is 1. The van der Waals surface area contributed by atoms with Crippen molar-refractivity contribution >= 4 is 16.9 Å². The third-order valence-corrected chi connectivity index (χ3v) is 3.31. The van der Waals surface area contributed by atoms with Crippen LogP contribution in [-0.4, -0.2) is 27.7 Å². The van der Waals surface area contributed by atoms with Crippen molar-refractivity contribution in [2.45, 2.75) is 33.7 Å². The second kappa shape index (κ2) is 5.35. The number of hydrogen-bond donors (Lipinski definition) is 1. The molecule has 0 unspecified atom stereocenters. The quantitative estimate of drug-likeness (QED) is 0.822. The molecular formula is C13H20N4O. The number of aromatic nitrogens is 3. The van der Waals surface area contributed by atoms with Gasteiger partial charge in [0.25, 0.3) is 0 Å². The van der Waals surface area contributed by atoms with Gasteiger partial charge in [-0.3, -0.25) is 0 Å². The molecule has 0 atom stereocenters. The van der Waals surface area contributed by atoms with Gasteiger partial charge in [-0.05, 0) is 32.8 Å². The summed E-state index contributed by atoms with van der Waals surface area (Å²) in [6.07, 6.45) is 2.50. The Labute approximate surface area is 107 Å². The maximum Gasteiger partial charge on any atom is 0.145 e. The van der Waals surface area contributed by atoms with Crippen LogP contribution in [0.1, 0.15) is 24.6 Å². The Kier molecular flexibility index (Phi) is 3.81. The van der Waals surface area contributed by atoms with Crippen LogP contribution in [0.4, 0.5) is 5.82 Å². The van der Waals surface area contributed by atoms with E-state index in [1.807, 2.05) is 6.92 Å². The van der Waals surface area contributed by atoms with Crippen molar-refractivity contribution in [1.82, 2.24) is 14.5 Å². The third-order valence-electron chi connectivity index (χ3n) is 3.31. The first-order valence-corrected chi connectivity index (χ1v) is 6.30. The summed E-state index contributed by atoms with van der Waals surface area (Å²) in [6, 6.07) is 0. The normalized spacial score (nSPS) is 11.3. The summed E-state index contributed by atoms with van der Waals surface area (Å²) in [7, 11) is 0. The first kappa shape index (κ1) is 12.8. The van der Waals surface area contributed by atoms with Gasteiger partial charge >= 0.3 is 0 Å². The van der Waals surface area contributed by atoms with Gasteiger partial charge in [-0.15, -0.1) is 0 Å². The van der Waals surface area contributed by atoms with Crippen molar-refractivity contribution < 1.29 is 4.74 Å². The molecular weight excluding hydrogens is 228 g/mol. The van der Waals surface area contributed by atoms with E-state index in [0.717, 1.165) is 37.2 Å². The second-order valence-electron chi connectivity index (χ2n) is 4.37. The first-order chi connectivity index (χ1) is 8.66. The van der Waals surface area contributed by atoms with E-state index in [-0.39, 0.29) is 0 Å². The van der Waals surface area contributed by atoms with Crippen LogP contribution >= 0.6 is 0 Å². The van der Waals surface area contributed by atoms with Gasteiger partial charge in [0.05, 0.1) is 5.39 Å². The zero-order valence-electron chi connectivity index (χ0n) is 11.2. The van der Waals surface area contributed by atoms with Crippen LogP contribution in [-0.2, 0) is 11.3 Å². The standard InChI is InChI=1S/C13H20N4O/c1-4-18-7-5-6-17-10(3)9(2)11-12(14)15-8-16-13(11)17/h8H,4-7H2,1-3H3,(H2,14,15,16). The summed E-state index contributed by atoms with van der Waals surface area (Å²) in [6.45, 7) is 8.60. The molecule has 2 aromatic heterocycles. The molecule has 0 spiro atoms. The van der Waals surface area contributed by atoms with E-state index in [2.05, 4.69) is 28.4 Å². The van der Waals surface area contributed by atoms with E-state index in [0.29, 0.717) is 5.82 Å². The molecule has 5 heteroatoms. The van der Waals surface area contributed by atoms with Crippen molar-refractivity contribution in [2.75, 3.05) is 18.9 Å². The number of nitrogens with two attached hydrogens (primary N) is 1. The molecule has 0 saturated carbocycles. The second-order valence-corrected chi connectivity index (χ2v) is 4.37. The van der Waals surface area contributed by atoms with Gasteiger partial charge in [0, 0.05) is 25.5 Å². The number of rotatable bonds is 5. The van der Waals surface area contributed by atoms with Gasteiger partial charge in [0.15, 0.2) is 0 Å². The number of nitrogens with zero attached hydrogens (tertiary/aromatic N) is 3. The Hall–Kier alpha value is -1.62. The van der Waals surface area contributed by atoms with Gasteiger partial charge in [0.2, 0.25) is 0 Å². The fraction of sp³-hybridized carbons (Fsp3) is 0.538. The van der Waals surface area contributed by atoms with E-state index < -0.39 is 0 Å². The highest BCUT2D eigenvalue weighted by molar-refractivity contribution is 5.90. The SMILES string of the molecule is CCOCCCn1c(C)c(C)c2c(N)ncnc21. The molecule has 0 radical (unpaired) electrons. The van der Waals surface area contributed by atoms with E-state index >= 15 is 0 Å². The largest absolute Gasteiger partial charge is 0.383 e. The molecule has 2 heterocycles. The van der Waals surface area contributed by atoms with Gasteiger partial charge in [-0.25, -0.2) is 9.97 Å².